The summed E-state index contributed by atoms with van der Waals surface area (Å²) in [5.41, 5.74) is -0.00921. The van der Waals surface area contributed by atoms with Gasteiger partial charge < -0.3 is 10.4 Å². The first-order chi connectivity index (χ1) is 10.0. The molecule has 6 heteroatoms. The number of carbonyl (C=O) groups excluding carboxylic acids is 1. The summed E-state index contributed by atoms with van der Waals surface area (Å²) in [5, 5.41) is 19.0. The van der Waals surface area contributed by atoms with Crippen molar-refractivity contribution in [2.45, 2.75) is 57.9 Å². The Hall–Kier alpha value is -1.85. The average molecular weight is 293 g/mol. The number of nitrogens with zero attached hydrogens (tertiary/aromatic N) is 1. The zero-order valence-corrected chi connectivity index (χ0v) is 12.4. The van der Waals surface area contributed by atoms with Crippen molar-refractivity contribution >= 4 is 11.9 Å². The molecule has 1 aromatic rings. The Kier molecular flexibility index (Phi) is 4.98. The predicted octanol–water partition coefficient (Wildman–Crippen LogP) is 2.40. The fourth-order valence-corrected chi connectivity index (χ4v) is 3.05. The summed E-state index contributed by atoms with van der Waals surface area (Å²) in [6.07, 6.45) is 8.52. The highest BCUT2D eigenvalue weighted by molar-refractivity contribution is 5.85. The molecule has 0 radical (unpaired) electrons. The number of amides is 1. The number of hydrogen-bond acceptors (Lipinski definition) is 3. The molecule has 6 nitrogen and oxygen atoms in total. The third-order valence-corrected chi connectivity index (χ3v) is 4.41. The van der Waals surface area contributed by atoms with Crippen LogP contribution in [0.3, 0.4) is 0 Å². The van der Waals surface area contributed by atoms with Gasteiger partial charge in [0, 0.05) is 18.2 Å². The van der Waals surface area contributed by atoms with Crippen LogP contribution in [0.2, 0.25) is 0 Å². The zero-order valence-electron chi connectivity index (χ0n) is 12.4. The second-order valence-electron chi connectivity index (χ2n) is 6.00. The maximum atomic E-state index is 12.2. The maximum absolute atomic E-state index is 12.2. The second-order valence-corrected chi connectivity index (χ2v) is 6.00. The van der Waals surface area contributed by atoms with E-state index >= 15 is 0 Å². The van der Waals surface area contributed by atoms with E-state index in [1.54, 1.807) is 12.4 Å². The Bertz CT molecular complexity index is 476. The van der Waals surface area contributed by atoms with Crippen LogP contribution in [0.15, 0.2) is 12.4 Å². The van der Waals surface area contributed by atoms with Crippen LogP contribution in [0, 0.1) is 5.41 Å². The summed E-state index contributed by atoms with van der Waals surface area (Å²) >= 11 is 0. The molecular formula is C15H23N3O3. The molecule has 1 aliphatic rings. The molecule has 116 valence electrons. The number of H-pyrrole nitrogens is 1. The monoisotopic (exact) mass is 293 g/mol. The lowest BCUT2D eigenvalue weighted by Gasteiger charge is -2.28. The van der Waals surface area contributed by atoms with Gasteiger partial charge in [-0.15, -0.1) is 0 Å². The zero-order chi connectivity index (χ0) is 15.3. The molecule has 21 heavy (non-hydrogen) atoms. The Morgan fingerprint density at radius 1 is 1.38 bits per heavy atom. The van der Waals surface area contributed by atoms with Crippen molar-refractivity contribution in [2.75, 3.05) is 0 Å². The normalized spacial score (nSPS) is 19.5. The van der Waals surface area contributed by atoms with E-state index in [1.165, 1.54) is 0 Å². The van der Waals surface area contributed by atoms with Gasteiger partial charge >= 0.3 is 5.97 Å². The molecule has 1 atom stereocenters. The van der Waals surface area contributed by atoms with Crippen LogP contribution in [0.5, 0.6) is 0 Å². The molecule has 1 aliphatic carbocycles. The van der Waals surface area contributed by atoms with E-state index in [0.717, 1.165) is 31.2 Å². The van der Waals surface area contributed by atoms with Crippen molar-refractivity contribution in [2.24, 2.45) is 5.41 Å². The molecule has 0 aromatic carbocycles. The first-order valence-corrected chi connectivity index (χ1v) is 7.55. The predicted molar refractivity (Wildman–Crippen MR) is 77.5 cm³/mol. The van der Waals surface area contributed by atoms with Gasteiger partial charge in [-0.25, -0.2) is 0 Å². The summed E-state index contributed by atoms with van der Waals surface area (Å²) in [7, 11) is 0. The third kappa shape index (κ3) is 3.83. The molecule has 3 N–H and O–H groups in total. The smallest absolute Gasteiger partial charge is 0.310 e. The van der Waals surface area contributed by atoms with Crippen LogP contribution in [0.4, 0.5) is 0 Å². The molecule has 2 rings (SSSR count). The topological polar surface area (TPSA) is 95.1 Å². The number of aromatic amines is 1. The lowest BCUT2D eigenvalue weighted by molar-refractivity contribution is -0.153. The van der Waals surface area contributed by atoms with Gasteiger partial charge in [0.1, 0.15) is 0 Å². The lowest BCUT2D eigenvalue weighted by atomic mass is 9.77. The van der Waals surface area contributed by atoms with Gasteiger partial charge in [0.05, 0.1) is 17.7 Å². The number of aliphatic carboxylic acids is 1. The van der Waals surface area contributed by atoms with E-state index in [-0.39, 0.29) is 18.4 Å². The van der Waals surface area contributed by atoms with Gasteiger partial charge in [-0.1, -0.05) is 25.7 Å². The van der Waals surface area contributed by atoms with Gasteiger partial charge in [-0.2, -0.15) is 5.10 Å². The molecule has 1 amide bonds. The van der Waals surface area contributed by atoms with E-state index < -0.39 is 11.4 Å². The summed E-state index contributed by atoms with van der Waals surface area (Å²) in [6.45, 7) is 1.86. The number of rotatable bonds is 5. The average Bonchev–Trinajstić information content (AvgIpc) is 2.86. The van der Waals surface area contributed by atoms with Crippen molar-refractivity contribution in [1.82, 2.24) is 15.5 Å². The Morgan fingerprint density at radius 2 is 2.05 bits per heavy atom. The van der Waals surface area contributed by atoms with Crippen LogP contribution in [0.1, 0.15) is 63.5 Å². The standard InChI is InChI=1S/C15H23N3O3/c1-11(12-9-16-17-10-12)18-13(19)8-15(14(20)21)6-4-2-3-5-7-15/h9-11H,2-8H2,1H3,(H,16,17)(H,18,19)(H,20,21). The molecule has 1 heterocycles. The Labute approximate surface area is 124 Å². The molecule has 1 fully saturated rings. The summed E-state index contributed by atoms with van der Waals surface area (Å²) in [5.74, 6) is -1.04. The molecule has 0 aliphatic heterocycles. The summed E-state index contributed by atoms with van der Waals surface area (Å²) in [6, 6.07) is -0.173. The number of hydrogen-bond donors (Lipinski definition) is 3. The summed E-state index contributed by atoms with van der Waals surface area (Å²) < 4.78 is 0. The lowest BCUT2D eigenvalue weighted by Crippen LogP contribution is -2.38. The number of aromatic nitrogens is 2. The van der Waals surface area contributed by atoms with Crippen molar-refractivity contribution in [3.8, 4) is 0 Å². The first-order valence-electron chi connectivity index (χ1n) is 7.55. The molecular weight excluding hydrogens is 270 g/mol. The van der Waals surface area contributed by atoms with E-state index in [1.807, 2.05) is 6.92 Å². The second kappa shape index (κ2) is 6.74. The fourth-order valence-electron chi connectivity index (χ4n) is 3.05. The van der Waals surface area contributed by atoms with E-state index in [2.05, 4.69) is 15.5 Å². The van der Waals surface area contributed by atoms with Crippen molar-refractivity contribution < 1.29 is 14.7 Å². The minimum absolute atomic E-state index is 0.0600. The van der Waals surface area contributed by atoms with Crippen LogP contribution < -0.4 is 5.32 Å². The number of nitrogens with one attached hydrogen (secondary N) is 2. The molecule has 1 unspecified atom stereocenters. The third-order valence-electron chi connectivity index (χ3n) is 4.41. The van der Waals surface area contributed by atoms with Gasteiger partial charge in [-0.05, 0) is 19.8 Å². The van der Waals surface area contributed by atoms with Crippen LogP contribution in [-0.2, 0) is 9.59 Å². The van der Waals surface area contributed by atoms with Crippen LogP contribution in [-0.4, -0.2) is 27.2 Å². The Morgan fingerprint density at radius 3 is 2.57 bits per heavy atom. The maximum Gasteiger partial charge on any atom is 0.310 e. The van der Waals surface area contributed by atoms with Gasteiger partial charge in [-0.3, -0.25) is 14.7 Å². The van der Waals surface area contributed by atoms with E-state index in [0.29, 0.717) is 12.8 Å². The quantitative estimate of drug-likeness (QED) is 0.726. The highest BCUT2D eigenvalue weighted by atomic mass is 16.4. The van der Waals surface area contributed by atoms with Crippen molar-refractivity contribution in [3.63, 3.8) is 0 Å². The van der Waals surface area contributed by atoms with Crippen LogP contribution >= 0.6 is 0 Å². The van der Waals surface area contributed by atoms with Gasteiger partial charge in [0.25, 0.3) is 0 Å². The van der Waals surface area contributed by atoms with E-state index in [4.69, 9.17) is 0 Å². The highest BCUT2D eigenvalue weighted by Crippen LogP contribution is 2.38. The Balaban J connectivity index is 1.99. The molecule has 0 spiro atoms. The molecule has 1 aromatic heterocycles. The van der Waals surface area contributed by atoms with Gasteiger partial charge in [0.2, 0.25) is 5.91 Å². The molecule has 1 saturated carbocycles. The summed E-state index contributed by atoms with van der Waals surface area (Å²) in [4.78, 5) is 23.9. The first kappa shape index (κ1) is 15.5. The van der Waals surface area contributed by atoms with Gasteiger partial charge in [0.15, 0.2) is 0 Å². The SMILES string of the molecule is CC(NC(=O)CC1(C(=O)O)CCCCCC1)c1cn[nH]c1. The molecule has 0 bridgehead atoms. The largest absolute Gasteiger partial charge is 0.481 e. The number of carboxylic acids is 1. The fraction of sp³-hybridized carbons (Fsp3) is 0.667. The van der Waals surface area contributed by atoms with Crippen LogP contribution in [0.25, 0.3) is 0 Å². The molecule has 0 saturated heterocycles. The van der Waals surface area contributed by atoms with Crippen molar-refractivity contribution in [3.05, 3.63) is 18.0 Å². The minimum atomic E-state index is -0.892. The highest BCUT2D eigenvalue weighted by Gasteiger charge is 2.40. The van der Waals surface area contributed by atoms with Crippen molar-refractivity contribution in [1.29, 1.82) is 0 Å². The number of carboxylic acid groups (broad SMARTS) is 1. The minimum Gasteiger partial charge on any atom is -0.481 e. The van der Waals surface area contributed by atoms with E-state index in [9.17, 15) is 14.7 Å². The number of carbonyl (C=O) groups is 2.